The van der Waals surface area contributed by atoms with Gasteiger partial charge in [0.25, 0.3) is 0 Å². The molecule has 0 amide bonds. The van der Waals surface area contributed by atoms with Gasteiger partial charge in [-0.3, -0.25) is 19.2 Å². The van der Waals surface area contributed by atoms with Crippen LogP contribution in [-0.4, -0.2) is 45.6 Å². The maximum Gasteiger partial charge on any atom is 0.153 e. The first-order valence-electron chi connectivity index (χ1n) is 16.2. The predicted molar refractivity (Wildman–Crippen MR) is 200 cm³/mol. The van der Waals surface area contributed by atoms with Gasteiger partial charge in [-0.1, -0.05) is 48.5 Å². The topological polar surface area (TPSA) is 149 Å². The molecule has 0 aliphatic carbocycles. The Balaban J connectivity index is 1.58. The second-order valence-electron chi connectivity index (χ2n) is 12.6. The first-order chi connectivity index (χ1) is 25.2. The van der Waals surface area contributed by atoms with Gasteiger partial charge in [-0.2, -0.15) is 0 Å². The number of phenols is 4. The highest BCUT2D eigenvalue weighted by Gasteiger charge is 2.22. The number of aldehydes is 4. The molecule has 0 aliphatic rings. The van der Waals surface area contributed by atoms with Crippen molar-refractivity contribution >= 4 is 57.5 Å². The molecule has 8 aromatic carbocycles. The molecule has 4 N–H and O–H groups in total. The molecule has 0 heterocycles. The van der Waals surface area contributed by atoms with Gasteiger partial charge in [0.15, 0.2) is 25.1 Å². The van der Waals surface area contributed by atoms with Crippen LogP contribution in [0.25, 0.3) is 76.8 Å². The molecular formula is C44H26O8. The summed E-state index contributed by atoms with van der Waals surface area (Å²) < 4.78 is 0. The summed E-state index contributed by atoms with van der Waals surface area (Å²) in [5.74, 6) is -0.640. The Bertz CT molecular complexity index is 2440. The van der Waals surface area contributed by atoms with E-state index >= 15 is 0 Å². The summed E-state index contributed by atoms with van der Waals surface area (Å²) in [6.07, 6.45) is 2.34. The normalized spacial score (nSPS) is 11.3. The van der Waals surface area contributed by atoms with Gasteiger partial charge >= 0.3 is 0 Å². The summed E-state index contributed by atoms with van der Waals surface area (Å²) in [5.41, 5.74) is 5.96. The molecule has 250 valence electrons. The summed E-state index contributed by atoms with van der Waals surface area (Å²) in [7, 11) is 0. The van der Waals surface area contributed by atoms with Gasteiger partial charge in [-0.25, -0.2) is 0 Å². The Hall–Kier alpha value is -7.32. The van der Waals surface area contributed by atoms with E-state index in [2.05, 4.69) is 0 Å². The molecule has 0 fully saturated rings. The van der Waals surface area contributed by atoms with Crippen LogP contribution in [-0.2, 0) is 0 Å². The summed E-state index contributed by atoms with van der Waals surface area (Å²) in [4.78, 5) is 47.7. The average molecular weight is 683 g/mol. The van der Waals surface area contributed by atoms with Crippen LogP contribution >= 0.6 is 0 Å². The first kappa shape index (κ1) is 31.9. The van der Waals surface area contributed by atoms with E-state index in [0.29, 0.717) is 47.4 Å². The van der Waals surface area contributed by atoms with Crippen molar-refractivity contribution in [2.24, 2.45) is 0 Å². The van der Waals surface area contributed by atoms with Crippen LogP contribution in [0.1, 0.15) is 41.4 Å². The fraction of sp³-hybridized carbons (Fsp3) is 0. The SMILES string of the molecule is O=Cc1cc(-c2cc(-c3ccc(O)c(C=O)c3)c3ccc4c(-c5ccc(O)c(C=O)c5)cc(-c5ccc(O)c(C=O)c5)c5ccc2c3c54)ccc1O. The Kier molecular flexibility index (Phi) is 7.50. The third-order valence-corrected chi connectivity index (χ3v) is 9.76. The molecule has 0 spiro atoms. The highest BCUT2D eigenvalue weighted by atomic mass is 16.3. The minimum Gasteiger partial charge on any atom is -0.507 e. The zero-order valence-electron chi connectivity index (χ0n) is 27.1. The van der Waals surface area contributed by atoms with Crippen LogP contribution < -0.4 is 0 Å². The molecule has 52 heavy (non-hydrogen) atoms. The van der Waals surface area contributed by atoms with Gasteiger partial charge in [-0.15, -0.1) is 0 Å². The maximum absolute atomic E-state index is 11.9. The Morgan fingerprint density at radius 1 is 0.308 bits per heavy atom. The van der Waals surface area contributed by atoms with Crippen molar-refractivity contribution in [2.45, 2.75) is 0 Å². The van der Waals surface area contributed by atoms with E-state index in [1.54, 1.807) is 48.5 Å². The molecule has 0 radical (unpaired) electrons. The van der Waals surface area contributed by atoms with E-state index in [-0.39, 0.29) is 45.3 Å². The van der Waals surface area contributed by atoms with Crippen LogP contribution in [0, 0.1) is 0 Å². The van der Waals surface area contributed by atoms with E-state index in [1.165, 1.54) is 24.3 Å². The minimum atomic E-state index is -0.160. The Morgan fingerprint density at radius 2 is 0.538 bits per heavy atom. The van der Waals surface area contributed by atoms with Crippen LogP contribution in [0.2, 0.25) is 0 Å². The first-order valence-corrected chi connectivity index (χ1v) is 16.2. The second kappa shape index (κ2) is 12.2. The van der Waals surface area contributed by atoms with E-state index in [9.17, 15) is 39.6 Å². The maximum atomic E-state index is 11.9. The van der Waals surface area contributed by atoms with Crippen LogP contribution in [0.15, 0.2) is 109 Å². The van der Waals surface area contributed by atoms with Crippen molar-refractivity contribution < 1.29 is 39.6 Å². The smallest absolute Gasteiger partial charge is 0.153 e. The number of hydrogen-bond donors (Lipinski definition) is 4. The van der Waals surface area contributed by atoms with Crippen molar-refractivity contribution in [1.29, 1.82) is 0 Å². The number of phenolic OH excluding ortho intramolecular Hbond substituents is 4. The molecule has 0 atom stereocenters. The minimum absolute atomic E-state index is 0.110. The van der Waals surface area contributed by atoms with Gasteiger partial charge in [0.2, 0.25) is 0 Å². The number of aromatic hydroxyl groups is 4. The van der Waals surface area contributed by atoms with Crippen molar-refractivity contribution in [1.82, 2.24) is 0 Å². The largest absolute Gasteiger partial charge is 0.507 e. The van der Waals surface area contributed by atoms with E-state index in [0.717, 1.165) is 54.6 Å². The molecular weight excluding hydrogens is 656 g/mol. The Morgan fingerprint density at radius 3 is 0.750 bits per heavy atom. The standard InChI is InChI=1S/C44H26O8/c45-19-27-13-23(1-9-39(27)49)35-17-36(24-2-10-40(50)28(14-24)20-46)32-7-8-34-38(26-4-12-42(52)30(16-26)22-48)18-37(25-3-11-41(51)29(15-25)21-47)33-6-5-31(35)43(32)44(33)34/h1-22,49-52H. The van der Waals surface area contributed by atoms with Crippen molar-refractivity contribution in [3.63, 3.8) is 0 Å². The summed E-state index contributed by atoms with van der Waals surface area (Å²) in [6.45, 7) is 0. The zero-order chi connectivity index (χ0) is 36.3. The van der Waals surface area contributed by atoms with Gasteiger partial charge in [-0.05, 0) is 137 Å². The molecule has 0 saturated carbocycles. The molecule has 0 bridgehead atoms. The van der Waals surface area contributed by atoms with E-state index in [4.69, 9.17) is 0 Å². The molecule has 8 aromatic rings. The Labute approximate surface area is 295 Å². The summed E-state index contributed by atoms with van der Waals surface area (Å²) >= 11 is 0. The van der Waals surface area contributed by atoms with Gasteiger partial charge in [0, 0.05) is 0 Å². The molecule has 0 aliphatic heterocycles. The molecule has 0 aromatic heterocycles. The molecule has 8 heteroatoms. The third-order valence-electron chi connectivity index (χ3n) is 9.76. The van der Waals surface area contributed by atoms with Crippen molar-refractivity contribution in [2.75, 3.05) is 0 Å². The van der Waals surface area contributed by atoms with Gasteiger partial charge < -0.3 is 20.4 Å². The quantitative estimate of drug-likeness (QED) is 0.0915. The number of carbonyl (C=O) groups is 4. The summed E-state index contributed by atoms with van der Waals surface area (Å²) in [5, 5.41) is 46.3. The van der Waals surface area contributed by atoms with Crippen molar-refractivity contribution in [3.05, 3.63) is 131 Å². The third kappa shape index (κ3) is 4.93. The van der Waals surface area contributed by atoms with E-state index in [1.807, 2.05) is 36.4 Å². The fourth-order valence-corrected chi connectivity index (χ4v) is 7.21. The molecule has 0 unspecified atom stereocenters. The number of carbonyl (C=O) groups excluding carboxylic acids is 4. The summed E-state index contributed by atoms with van der Waals surface area (Å²) in [6, 6.07) is 31.0. The number of hydrogen-bond acceptors (Lipinski definition) is 8. The lowest BCUT2D eigenvalue weighted by molar-refractivity contribution is 0.111. The molecule has 8 nitrogen and oxygen atoms in total. The van der Waals surface area contributed by atoms with Crippen molar-refractivity contribution in [3.8, 4) is 67.5 Å². The molecule has 0 saturated heterocycles. The zero-order valence-corrected chi connectivity index (χ0v) is 27.1. The van der Waals surface area contributed by atoms with Gasteiger partial charge in [0.05, 0.1) is 22.3 Å². The number of benzene rings is 8. The monoisotopic (exact) mass is 682 g/mol. The van der Waals surface area contributed by atoms with Crippen LogP contribution in [0.3, 0.4) is 0 Å². The number of rotatable bonds is 8. The predicted octanol–water partition coefficient (Wildman–Crippen LogP) is 9.32. The molecule has 8 rings (SSSR count). The van der Waals surface area contributed by atoms with Gasteiger partial charge in [0.1, 0.15) is 23.0 Å². The van der Waals surface area contributed by atoms with Crippen LogP contribution in [0.4, 0.5) is 0 Å². The highest BCUT2D eigenvalue weighted by molar-refractivity contribution is 6.32. The lowest BCUT2D eigenvalue weighted by atomic mass is 9.81. The lowest BCUT2D eigenvalue weighted by Gasteiger charge is -2.22. The fourth-order valence-electron chi connectivity index (χ4n) is 7.21. The lowest BCUT2D eigenvalue weighted by Crippen LogP contribution is -1.96. The van der Waals surface area contributed by atoms with Crippen LogP contribution in [0.5, 0.6) is 23.0 Å². The van der Waals surface area contributed by atoms with E-state index < -0.39 is 0 Å². The highest BCUT2D eigenvalue weighted by Crippen LogP contribution is 2.49. The second-order valence-corrected chi connectivity index (χ2v) is 12.6. The average Bonchev–Trinajstić information content (AvgIpc) is 3.17.